The first-order chi connectivity index (χ1) is 13.0. The van der Waals surface area contributed by atoms with Crippen LogP contribution in [0.4, 0.5) is 4.39 Å². The van der Waals surface area contributed by atoms with Crippen molar-refractivity contribution in [1.82, 2.24) is 19.2 Å². The van der Waals surface area contributed by atoms with Crippen LogP contribution in [0.5, 0.6) is 0 Å². The van der Waals surface area contributed by atoms with Gasteiger partial charge in [0.1, 0.15) is 5.82 Å². The maximum Gasteiger partial charge on any atom is 0.199 e. The van der Waals surface area contributed by atoms with Crippen LogP contribution in [0.3, 0.4) is 0 Å². The molecule has 140 valence electrons. The molecule has 0 radical (unpaired) electrons. The van der Waals surface area contributed by atoms with Gasteiger partial charge in [-0.15, -0.1) is 0 Å². The molecule has 1 aromatic heterocycles. The lowest BCUT2D eigenvalue weighted by Crippen LogP contribution is -2.29. The normalized spacial score (nSPS) is 14.1. The van der Waals surface area contributed by atoms with Gasteiger partial charge in [0.05, 0.1) is 12.2 Å². The maximum absolute atomic E-state index is 14.2. The van der Waals surface area contributed by atoms with E-state index in [1.54, 1.807) is 16.7 Å². The van der Waals surface area contributed by atoms with Crippen LogP contribution >= 0.6 is 12.2 Å². The molecule has 3 aromatic rings. The third kappa shape index (κ3) is 3.87. The van der Waals surface area contributed by atoms with Gasteiger partial charge in [-0.05, 0) is 49.7 Å². The zero-order valence-electron chi connectivity index (χ0n) is 15.6. The summed E-state index contributed by atoms with van der Waals surface area (Å²) >= 11 is 5.58. The van der Waals surface area contributed by atoms with Gasteiger partial charge in [-0.2, -0.15) is 5.10 Å². The Kier molecular flexibility index (Phi) is 4.93. The summed E-state index contributed by atoms with van der Waals surface area (Å²) in [6.07, 6.45) is 2.40. The topological polar surface area (TPSA) is 26.0 Å². The van der Waals surface area contributed by atoms with E-state index >= 15 is 0 Å². The molecule has 1 saturated carbocycles. The molecule has 0 aliphatic heterocycles. The third-order valence-corrected chi connectivity index (χ3v) is 5.49. The van der Waals surface area contributed by atoms with Crippen LogP contribution in [-0.2, 0) is 20.3 Å². The Labute approximate surface area is 163 Å². The van der Waals surface area contributed by atoms with Gasteiger partial charge in [-0.1, -0.05) is 42.0 Å². The van der Waals surface area contributed by atoms with Crippen molar-refractivity contribution in [3.05, 3.63) is 70.2 Å². The van der Waals surface area contributed by atoms with Crippen molar-refractivity contribution >= 4 is 12.2 Å². The number of hydrogen-bond donors (Lipinski definition) is 0. The van der Waals surface area contributed by atoms with Crippen molar-refractivity contribution in [2.45, 2.75) is 39.0 Å². The average molecular weight is 383 g/mol. The van der Waals surface area contributed by atoms with Gasteiger partial charge in [-0.25, -0.2) is 9.07 Å². The number of rotatable bonds is 6. The fourth-order valence-electron chi connectivity index (χ4n) is 3.41. The minimum Gasteiger partial charge on any atom is -0.303 e. The number of aryl methyl sites for hydroxylation is 1. The molecule has 1 aliphatic carbocycles. The van der Waals surface area contributed by atoms with Crippen LogP contribution in [0.2, 0.25) is 0 Å². The van der Waals surface area contributed by atoms with Gasteiger partial charge >= 0.3 is 0 Å². The predicted molar refractivity (Wildman–Crippen MR) is 107 cm³/mol. The summed E-state index contributed by atoms with van der Waals surface area (Å²) in [4.78, 5) is 2.41. The molecule has 1 fully saturated rings. The summed E-state index contributed by atoms with van der Waals surface area (Å²) in [6, 6.07) is 15.8. The summed E-state index contributed by atoms with van der Waals surface area (Å²) in [5.41, 5.74) is 3.03. The fraction of sp³-hybridized carbons (Fsp3) is 0.333. The van der Waals surface area contributed by atoms with Crippen molar-refractivity contribution in [3.8, 4) is 11.4 Å². The van der Waals surface area contributed by atoms with Crippen LogP contribution in [0.1, 0.15) is 24.0 Å². The van der Waals surface area contributed by atoms with Crippen LogP contribution in [0.15, 0.2) is 48.5 Å². The number of aromatic nitrogens is 3. The van der Waals surface area contributed by atoms with Crippen molar-refractivity contribution in [2.75, 3.05) is 0 Å². The monoisotopic (exact) mass is 382 g/mol. The number of hydrogen-bond acceptors (Lipinski definition) is 3. The lowest BCUT2D eigenvalue weighted by Gasteiger charge is -2.22. The Balaban J connectivity index is 1.62. The zero-order chi connectivity index (χ0) is 19.0. The van der Waals surface area contributed by atoms with Crippen molar-refractivity contribution in [1.29, 1.82) is 0 Å². The highest BCUT2D eigenvalue weighted by molar-refractivity contribution is 7.71. The smallest absolute Gasteiger partial charge is 0.199 e. The highest BCUT2D eigenvalue weighted by Gasteiger charge is 2.30. The molecule has 0 saturated heterocycles. The van der Waals surface area contributed by atoms with E-state index in [1.807, 2.05) is 17.8 Å². The molecule has 4 nitrogen and oxygen atoms in total. The predicted octanol–water partition coefficient (Wildman–Crippen LogP) is 4.69. The van der Waals surface area contributed by atoms with E-state index in [0.717, 1.165) is 6.54 Å². The van der Waals surface area contributed by atoms with Crippen LogP contribution in [0.25, 0.3) is 11.4 Å². The Bertz CT molecular complexity index is 1020. The molecule has 0 spiro atoms. The molecule has 0 amide bonds. The van der Waals surface area contributed by atoms with Gasteiger partial charge < -0.3 is 4.57 Å². The first-order valence-electron chi connectivity index (χ1n) is 9.21. The van der Waals surface area contributed by atoms with E-state index in [0.29, 0.717) is 28.9 Å². The molecule has 0 unspecified atom stereocenters. The molecule has 27 heavy (non-hydrogen) atoms. The van der Waals surface area contributed by atoms with E-state index in [9.17, 15) is 4.39 Å². The van der Waals surface area contributed by atoms with Crippen LogP contribution in [-0.4, -0.2) is 25.3 Å². The minimum atomic E-state index is -0.286. The third-order valence-electron chi connectivity index (χ3n) is 5.00. The van der Waals surface area contributed by atoms with E-state index in [4.69, 9.17) is 12.2 Å². The first-order valence-corrected chi connectivity index (χ1v) is 9.62. The highest BCUT2D eigenvalue weighted by atomic mass is 32.1. The zero-order valence-corrected chi connectivity index (χ0v) is 16.4. The summed E-state index contributed by atoms with van der Waals surface area (Å²) < 4.78 is 18.4. The number of nitrogens with zero attached hydrogens (tertiary/aromatic N) is 4. The van der Waals surface area contributed by atoms with Crippen molar-refractivity contribution in [2.24, 2.45) is 7.05 Å². The van der Waals surface area contributed by atoms with Gasteiger partial charge in [0, 0.05) is 19.6 Å². The lowest BCUT2D eigenvalue weighted by atomic mass is 10.1. The van der Waals surface area contributed by atoms with Crippen molar-refractivity contribution < 1.29 is 4.39 Å². The molecule has 1 aliphatic rings. The quantitative estimate of drug-likeness (QED) is 0.579. The van der Waals surface area contributed by atoms with E-state index in [-0.39, 0.29) is 5.82 Å². The summed E-state index contributed by atoms with van der Waals surface area (Å²) in [7, 11) is 1.84. The molecule has 0 bridgehead atoms. The van der Waals surface area contributed by atoms with Gasteiger partial charge in [0.15, 0.2) is 10.6 Å². The number of halogens is 1. The van der Waals surface area contributed by atoms with Crippen LogP contribution in [0, 0.1) is 17.5 Å². The largest absolute Gasteiger partial charge is 0.303 e. The van der Waals surface area contributed by atoms with Crippen molar-refractivity contribution in [3.63, 3.8) is 0 Å². The standard InChI is InChI=1S/C21H23FN4S/c1-15-6-5-7-16(12-15)13-25(17-10-11-17)14-26-21(27)24(2)20(23-26)18-8-3-4-9-19(18)22/h3-9,12,17H,10-11,13-14H2,1-2H3. The molecule has 1 heterocycles. The molecule has 4 rings (SSSR count). The van der Waals surface area contributed by atoms with Gasteiger partial charge in [0.25, 0.3) is 0 Å². The molecule has 0 N–H and O–H groups in total. The Hall–Kier alpha value is -2.31. The molecule has 0 atom stereocenters. The van der Waals surface area contributed by atoms with E-state index in [2.05, 4.69) is 41.2 Å². The van der Waals surface area contributed by atoms with E-state index < -0.39 is 0 Å². The second-order valence-corrected chi connectivity index (χ2v) is 7.62. The first kappa shape index (κ1) is 18.1. The Morgan fingerprint density at radius 2 is 1.96 bits per heavy atom. The summed E-state index contributed by atoms with van der Waals surface area (Å²) in [5, 5.41) is 4.64. The molecular weight excluding hydrogens is 359 g/mol. The van der Waals surface area contributed by atoms with Crippen LogP contribution < -0.4 is 0 Å². The highest BCUT2D eigenvalue weighted by Crippen LogP contribution is 2.29. The summed E-state index contributed by atoms with van der Waals surface area (Å²) in [6.45, 7) is 3.58. The average Bonchev–Trinajstić information content (AvgIpc) is 3.45. The van der Waals surface area contributed by atoms with Gasteiger partial charge in [-0.3, -0.25) is 4.90 Å². The number of benzene rings is 2. The lowest BCUT2D eigenvalue weighted by molar-refractivity contribution is 0.186. The second-order valence-electron chi connectivity index (χ2n) is 7.25. The Morgan fingerprint density at radius 1 is 1.19 bits per heavy atom. The van der Waals surface area contributed by atoms with E-state index in [1.165, 1.54) is 30.0 Å². The Morgan fingerprint density at radius 3 is 2.67 bits per heavy atom. The minimum absolute atomic E-state index is 0.286. The molecule has 6 heteroatoms. The fourth-order valence-corrected chi connectivity index (χ4v) is 3.59. The van der Waals surface area contributed by atoms with Gasteiger partial charge in [0.2, 0.25) is 0 Å². The maximum atomic E-state index is 14.2. The summed E-state index contributed by atoms with van der Waals surface area (Å²) in [5.74, 6) is 0.274. The second kappa shape index (κ2) is 7.37. The SMILES string of the molecule is Cc1cccc(CN(Cn2nc(-c3ccccc3F)n(C)c2=S)C2CC2)c1. The molecular formula is C21H23FN4S. The molecule has 2 aromatic carbocycles.